The second-order valence-electron chi connectivity index (χ2n) is 4.21. The van der Waals surface area contributed by atoms with Crippen molar-refractivity contribution >= 4 is 23.4 Å². The molecule has 0 unspecified atom stereocenters. The van der Waals surface area contributed by atoms with E-state index in [1.165, 1.54) is 30.0 Å². The van der Waals surface area contributed by atoms with Crippen LogP contribution in [0.25, 0.3) is 0 Å². The number of nitrogens with zero attached hydrogens (tertiary/aromatic N) is 1. The van der Waals surface area contributed by atoms with Crippen molar-refractivity contribution in [1.82, 2.24) is 0 Å². The van der Waals surface area contributed by atoms with Gasteiger partial charge in [0.1, 0.15) is 5.75 Å². The summed E-state index contributed by atoms with van der Waals surface area (Å²) in [6.45, 7) is 0. The first-order valence-corrected chi connectivity index (χ1v) is 6.73. The van der Waals surface area contributed by atoms with Gasteiger partial charge in [-0.25, -0.2) is 0 Å². The van der Waals surface area contributed by atoms with Crippen molar-refractivity contribution in [2.45, 2.75) is 16.2 Å². The number of aliphatic carboxylic acids is 1. The van der Waals surface area contributed by atoms with Crippen molar-refractivity contribution in [3.05, 3.63) is 58.1 Å². The first-order valence-electron chi connectivity index (χ1n) is 5.91. The number of hydrogen-bond donors (Lipinski definition) is 2. The molecular weight excluding hydrogens is 294 g/mol. The number of carboxylic acid groups (broad SMARTS) is 1. The summed E-state index contributed by atoms with van der Waals surface area (Å²) < 4.78 is 0. The fourth-order valence-corrected chi connectivity index (χ4v) is 2.58. The molecule has 108 valence electrons. The summed E-state index contributed by atoms with van der Waals surface area (Å²) in [7, 11) is 0. The van der Waals surface area contributed by atoms with Gasteiger partial charge in [-0.05, 0) is 30.3 Å². The number of carbonyl (C=O) groups is 1. The van der Waals surface area contributed by atoms with Crippen LogP contribution in [0.15, 0.2) is 52.3 Å². The number of nitro groups is 1. The maximum atomic E-state index is 10.7. The van der Waals surface area contributed by atoms with Crippen LogP contribution in [0.4, 0.5) is 5.69 Å². The molecule has 0 aliphatic rings. The minimum atomic E-state index is -1.03. The second-order valence-corrected chi connectivity index (χ2v) is 5.36. The SMILES string of the molecule is O=C(O)Cc1cc(Sc2ccc([N+](=O)[O-])cc2)ccc1O. The average Bonchev–Trinajstić information content (AvgIpc) is 2.42. The van der Waals surface area contributed by atoms with Gasteiger partial charge in [0.05, 0.1) is 11.3 Å². The van der Waals surface area contributed by atoms with Crippen LogP contribution < -0.4 is 0 Å². The Kier molecular flexibility index (Phi) is 4.44. The molecule has 0 saturated heterocycles. The number of nitro benzene ring substituents is 1. The van der Waals surface area contributed by atoms with Gasteiger partial charge in [0, 0.05) is 27.5 Å². The van der Waals surface area contributed by atoms with E-state index in [0.717, 1.165) is 9.79 Å². The lowest BCUT2D eigenvalue weighted by Crippen LogP contribution is -2.00. The van der Waals surface area contributed by atoms with Gasteiger partial charge in [0.25, 0.3) is 5.69 Å². The number of rotatable bonds is 5. The molecule has 2 rings (SSSR count). The van der Waals surface area contributed by atoms with Gasteiger partial charge in [0.15, 0.2) is 0 Å². The molecule has 0 spiro atoms. The zero-order valence-electron chi connectivity index (χ0n) is 10.7. The highest BCUT2D eigenvalue weighted by atomic mass is 32.2. The Morgan fingerprint density at radius 3 is 2.33 bits per heavy atom. The molecule has 0 atom stereocenters. The highest BCUT2D eigenvalue weighted by Gasteiger charge is 2.09. The van der Waals surface area contributed by atoms with Crippen molar-refractivity contribution in [2.24, 2.45) is 0 Å². The van der Waals surface area contributed by atoms with Crippen LogP contribution in [0.1, 0.15) is 5.56 Å². The number of hydrogen-bond acceptors (Lipinski definition) is 5. The van der Waals surface area contributed by atoms with Gasteiger partial charge in [-0.2, -0.15) is 0 Å². The third-order valence-electron chi connectivity index (χ3n) is 2.68. The van der Waals surface area contributed by atoms with Crippen molar-refractivity contribution in [2.75, 3.05) is 0 Å². The number of phenolic OH excluding ortho intramolecular Hbond substituents is 1. The van der Waals surface area contributed by atoms with Gasteiger partial charge < -0.3 is 10.2 Å². The summed E-state index contributed by atoms with van der Waals surface area (Å²) in [4.78, 5) is 22.3. The monoisotopic (exact) mass is 305 g/mol. The number of aromatic hydroxyl groups is 1. The molecule has 0 bridgehead atoms. The average molecular weight is 305 g/mol. The van der Waals surface area contributed by atoms with Crippen LogP contribution in [-0.2, 0) is 11.2 Å². The molecule has 0 aromatic heterocycles. The lowest BCUT2D eigenvalue weighted by Gasteiger charge is -2.06. The van der Waals surface area contributed by atoms with E-state index >= 15 is 0 Å². The normalized spacial score (nSPS) is 10.3. The Hall–Kier alpha value is -2.54. The Morgan fingerprint density at radius 1 is 1.14 bits per heavy atom. The molecule has 0 fully saturated rings. The minimum Gasteiger partial charge on any atom is -0.508 e. The van der Waals surface area contributed by atoms with Crippen LogP contribution in [0, 0.1) is 10.1 Å². The maximum absolute atomic E-state index is 10.7. The maximum Gasteiger partial charge on any atom is 0.307 e. The van der Waals surface area contributed by atoms with Crippen molar-refractivity contribution in [3.8, 4) is 5.75 Å². The molecule has 0 aliphatic carbocycles. The Balaban J connectivity index is 2.19. The smallest absolute Gasteiger partial charge is 0.307 e. The molecule has 21 heavy (non-hydrogen) atoms. The summed E-state index contributed by atoms with van der Waals surface area (Å²) in [6.07, 6.45) is -0.263. The van der Waals surface area contributed by atoms with E-state index in [4.69, 9.17) is 5.11 Å². The summed E-state index contributed by atoms with van der Waals surface area (Å²) in [5.74, 6) is -1.09. The topological polar surface area (TPSA) is 101 Å². The molecule has 0 saturated carbocycles. The van der Waals surface area contributed by atoms with Gasteiger partial charge >= 0.3 is 5.97 Å². The Labute approximate surface area is 124 Å². The Bertz CT molecular complexity index is 684. The summed E-state index contributed by atoms with van der Waals surface area (Å²) in [5.41, 5.74) is 0.339. The van der Waals surface area contributed by atoms with E-state index in [2.05, 4.69) is 0 Å². The van der Waals surface area contributed by atoms with Gasteiger partial charge in [-0.3, -0.25) is 14.9 Å². The lowest BCUT2D eigenvalue weighted by molar-refractivity contribution is -0.384. The summed E-state index contributed by atoms with van der Waals surface area (Å²) in [5, 5.41) is 28.9. The molecule has 0 radical (unpaired) electrons. The zero-order chi connectivity index (χ0) is 15.4. The molecule has 2 aromatic rings. The standard InChI is InChI=1S/C14H11NO5S/c16-13-6-5-12(7-9(13)8-14(17)18)21-11-3-1-10(2-4-11)15(19)20/h1-7,16H,8H2,(H,17,18). The van der Waals surface area contributed by atoms with Crippen LogP contribution in [0.2, 0.25) is 0 Å². The molecule has 0 aliphatic heterocycles. The highest BCUT2D eigenvalue weighted by molar-refractivity contribution is 7.99. The summed E-state index contributed by atoms with van der Waals surface area (Å²) in [6, 6.07) is 10.7. The lowest BCUT2D eigenvalue weighted by atomic mass is 10.1. The van der Waals surface area contributed by atoms with E-state index in [-0.39, 0.29) is 17.9 Å². The van der Waals surface area contributed by atoms with Crippen molar-refractivity contribution < 1.29 is 19.9 Å². The molecular formula is C14H11NO5S. The Morgan fingerprint density at radius 2 is 1.76 bits per heavy atom. The van der Waals surface area contributed by atoms with Crippen LogP contribution >= 0.6 is 11.8 Å². The van der Waals surface area contributed by atoms with Crippen LogP contribution in [0.5, 0.6) is 5.75 Å². The fraction of sp³-hybridized carbons (Fsp3) is 0.0714. The van der Waals surface area contributed by atoms with E-state index in [0.29, 0.717) is 5.56 Å². The number of carboxylic acids is 1. The third-order valence-corrected chi connectivity index (χ3v) is 3.67. The largest absolute Gasteiger partial charge is 0.508 e. The van der Waals surface area contributed by atoms with E-state index in [9.17, 15) is 20.0 Å². The minimum absolute atomic E-state index is 0.0108. The van der Waals surface area contributed by atoms with Crippen molar-refractivity contribution in [1.29, 1.82) is 0 Å². The predicted octanol–water partition coefficient (Wildman–Crippen LogP) is 3.08. The fourth-order valence-electron chi connectivity index (χ4n) is 1.70. The molecule has 7 heteroatoms. The first-order chi connectivity index (χ1) is 9.95. The van der Waals surface area contributed by atoms with Gasteiger partial charge in [0.2, 0.25) is 0 Å². The second kappa shape index (κ2) is 6.27. The predicted molar refractivity (Wildman–Crippen MR) is 76.7 cm³/mol. The molecule has 2 N–H and O–H groups in total. The van der Waals surface area contributed by atoms with Gasteiger partial charge in [-0.1, -0.05) is 11.8 Å². The molecule has 0 amide bonds. The summed E-state index contributed by atoms with van der Waals surface area (Å²) >= 11 is 1.33. The molecule has 6 nitrogen and oxygen atoms in total. The van der Waals surface area contributed by atoms with Crippen LogP contribution in [-0.4, -0.2) is 21.1 Å². The quantitative estimate of drug-likeness (QED) is 0.650. The van der Waals surface area contributed by atoms with E-state index in [1.807, 2.05) is 0 Å². The van der Waals surface area contributed by atoms with Crippen LogP contribution in [0.3, 0.4) is 0 Å². The zero-order valence-corrected chi connectivity index (χ0v) is 11.5. The van der Waals surface area contributed by atoms with Crippen molar-refractivity contribution in [3.63, 3.8) is 0 Å². The molecule has 2 aromatic carbocycles. The highest BCUT2D eigenvalue weighted by Crippen LogP contribution is 2.32. The van der Waals surface area contributed by atoms with E-state index < -0.39 is 10.9 Å². The van der Waals surface area contributed by atoms with E-state index in [1.54, 1.807) is 24.3 Å². The molecule has 0 heterocycles. The van der Waals surface area contributed by atoms with Gasteiger partial charge in [-0.15, -0.1) is 0 Å². The third kappa shape index (κ3) is 3.96. The number of benzene rings is 2. The number of non-ortho nitro benzene ring substituents is 1. The first kappa shape index (κ1) is 14.9. The number of phenols is 1.